The van der Waals surface area contributed by atoms with Gasteiger partial charge in [0.05, 0.1) is 3.57 Å². The molecule has 0 bridgehead atoms. The molecular weight excluding hydrogens is 307 g/mol. The quantitative estimate of drug-likeness (QED) is 0.813. The topological polar surface area (TPSA) is 54.6 Å². The van der Waals surface area contributed by atoms with Crippen LogP contribution in [0.1, 0.15) is 12.5 Å². The van der Waals surface area contributed by atoms with Gasteiger partial charge in [0.15, 0.2) is 11.4 Å². The number of rotatable bonds is 1. The van der Waals surface area contributed by atoms with Gasteiger partial charge in [0.25, 0.3) is 5.56 Å². The van der Waals surface area contributed by atoms with Gasteiger partial charge in [-0.1, -0.05) is 6.92 Å². The van der Waals surface area contributed by atoms with E-state index >= 15 is 0 Å². The summed E-state index contributed by atoms with van der Waals surface area (Å²) >= 11 is 2.00. The molecule has 1 N–H and O–H groups in total. The molecule has 0 fully saturated rings. The number of hydrogen-bond donors (Lipinski definition) is 1. The molecule has 0 atom stereocenters. The Morgan fingerprint density at radius 3 is 3.00 bits per heavy atom. The first-order valence-electron chi connectivity index (χ1n) is 4.53. The van der Waals surface area contributed by atoms with Gasteiger partial charge in [0.1, 0.15) is 0 Å². The van der Waals surface area contributed by atoms with Gasteiger partial charge < -0.3 is 5.11 Å². The van der Waals surface area contributed by atoms with E-state index in [1.807, 2.05) is 29.5 Å². The molecule has 0 aliphatic rings. The molecule has 2 heterocycles. The first-order chi connectivity index (χ1) is 7.15. The summed E-state index contributed by atoms with van der Waals surface area (Å²) in [5.41, 5.74) is 0.839. The molecule has 0 aromatic carbocycles. The van der Waals surface area contributed by atoms with Crippen molar-refractivity contribution in [1.82, 2.24) is 9.38 Å². The van der Waals surface area contributed by atoms with Gasteiger partial charge in [-0.15, -0.1) is 0 Å². The van der Waals surface area contributed by atoms with Crippen LogP contribution in [0.15, 0.2) is 23.3 Å². The molecule has 0 aliphatic heterocycles. The Morgan fingerprint density at radius 1 is 1.60 bits per heavy atom. The number of aryl methyl sites for hydroxylation is 1. The Labute approximate surface area is 99.7 Å². The highest BCUT2D eigenvalue weighted by atomic mass is 127. The Hall–Kier alpha value is -1.11. The Bertz CT molecular complexity index is 577. The van der Waals surface area contributed by atoms with Gasteiger partial charge in [-0.25, -0.2) is 4.98 Å². The zero-order chi connectivity index (χ0) is 11.0. The summed E-state index contributed by atoms with van der Waals surface area (Å²) in [5, 5.41) is 9.72. The van der Waals surface area contributed by atoms with Crippen LogP contribution >= 0.6 is 22.6 Å². The van der Waals surface area contributed by atoms with Crippen molar-refractivity contribution in [3.8, 4) is 5.75 Å². The molecule has 78 valence electrons. The van der Waals surface area contributed by atoms with Crippen molar-refractivity contribution < 1.29 is 5.11 Å². The smallest absolute Gasteiger partial charge is 0.261 e. The first-order valence-corrected chi connectivity index (χ1v) is 5.60. The summed E-state index contributed by atoms with van der Waals surface area (Å²) in [5.74, 6) is 0.0536. The maximum atomic E-state index is 11.8. The SMILES string of the molecule is CCc1cnc2c(O)c(I)ccn2c1=O. The molecule has 2 aromatic rings. The third-order valence-corrected chi connectivity index (χ3v) is 3.12. The normalized spacial score (nSPS) is 10.8. The predicted octanol–water partition coefficient (Wildman–Crippen LogP) is 1.57. The van der Waals surface area contributed by atoms with Crippen molar-refractivity contribution >= 4 is 28.2 Å². The van der Waals surface area contributed by atoms with Crippen LogP contribution in [0, 0.1) is 3.57 Å². The standard InChI is InChI=1S/C10H9IN2O2/c1-2-6-5-12-9-8(14)7(11)3-4-13(9)10(6)15/h3-5,14H,2H2,1H3. The molecule has 2 rings (SSSR count). The largest absolute Gasteiger partial charge is 0.504 e. The van der Waals surface area contributed by atoms with E-state index in [0.29, 0.717) is 21.2 Å². The molecule has 0 spiro atoms. The molecule has 0 saturated heterocycles. The highest BCUT2D eigenvalue weighted by Crippen LogP contribution is 2.22. The third kappa shape index (κ3) is 1.60. The second kappa shape index (κ2) is 3.80. The molecule has 0 radical (unpaired) electrons. The average molecular weight is 316 g/mol. The van der Waals surface area contributed by atoms with E-state index in [4.69, 9.17) is 0 Å². The number of hydrogen-bond acceptors (Lipinski definition) is 3. The number of aromatic nitrogens is 2. The van der Waals surface area contributed by atoms with Gasteiger partial charge in [0, 0.05) is 18.0 Å². The highest BCUT2D eigenvalue weighted by molar-refractivity contribution is 14.1. The summed E-state index contributed by atoms with van der Waals surface area (Å²) in [7, 11) is 0. The summed E-state index contributed by atoms with van der Waals surface area (Å²) in [4.78, 5) is 15.9. The first kappa shape index (κ1) is 10.4. The lowest BCUT2D eigenvalue weighted by Crippen LogP contribution is -2.18. The van der Waals surface area contributed by atoms with E-state index in [2.05, 4.69) is 4.98 Å². The maximum Gasteiger partial charge on any atom is 0.261 e. The third-order valence-electron chi connectivity index (χ3n) is 2.25. The summed E-state index contributed by atoms with van der Waals surface area (Å²) in [6.45, 7) is 1.90. The summed E-state index contributed by atoms with van der Waals surface area (Å²) < 4.78 is 2.06. The zero-order valence-corrected chi connectivity index (χ0v) is 10.2. The number of halogens is 1. The van der Waals surface area contributed by atoms with Crippen LogP contribution in [0.2, 0.25) is 0 Å². The minimum absolute atomic E-state index is 0.0536. The minimum atomic E-state index is -0.116. The van der Waals surface area contributed by atoms with Crippen LogP contribution in [0.25, 0.3) is 5.65 Å². The molecular formula is C10H9IN2O2. The Kier molecular flexibility index (Phi) is 2.64. The van der Waals surface area contributed by atoms with Crippen molar-refractivity contribution in [1.29, 1.82) is 0 Å². The molecule has 0 aliphatic carbocycles. The van der Waals surface area contributed by atoms with Crippen LogP contribution in [-0.4, -0.2) is 14.5 Å². The van der Waals surface area contributed by atoms with Crippen LogP contribution in [-0.2, 0) is 6.42 Å². The average Bonchev–Trinajstić information content (AvgIpc) is 2.24. The lowest BCUT2D eigenvalue weighted by Gasteiger charge is -2.05. The van der Waals surface area contributed by atoms with Gasteiger partial charge in [-0.2, -0.15) is 0 Å². The van der Waals surface area contributed by atoms with Crippen LogP contribution in [0.3, 0.4) is 0 Å². The van der Waals surface area contributed by atoms with E-state index in [1.165, 1.54) is 10.6 Å². The van der Waals surface area contributed by atoms with E-state index in [1.54, 1.807) is 12.3 Å². The molecule has 5 heteroatoms. The molecule has 4 nitrogen and oxygen atoms in total. The lowest BCUT2D eigenvalue weighted by molar-refractivity contribution is 0.473. The van der Waals surface area contributed by atoms with Crippen LogP contribution in [0.4, 0.5) is 0 Å². The maximum absolute atomic E-state index is 11.8. The Morgan fingerprint density at radius 2 is 2.33 bits per heavy atom. The van der Waals surface area contributed by atoms with Crippen LogP contribution in [0.5, 0.6) is 5.75 Å². The van der Waals surface area contributed by atoms with Crippen molar-refractivity contribution in [2.45, 2.75) is 13.3 Å². The zero-order valence-electron chi connectivity index (χ0n) is 8.07. The monoisotopic (exact) mass is 316 g/mol. The van der Waals surface area contributed by atoms with Gasteiger partial charge in [-0.3, -0.25) is 9.20 Å². The van der Waals surface area contributed by atoms with E-state index < -0.39 is 0 Å². The van der Waals surface area contributed by atoms with Gasteiger partial charge in [-0.05, 0) is 35.1 Å². The molecule has 0 unspecified atom stereocenters. The summed E-state index contributed by atoms with van der Waals surface area (Å²) in [6, 6.07) is 1.69. The van der Waals surface area contributed by atoms with E-state index in [-0.39, 0.29) is 11.3 Å². The second-order valence-electron chi connectivity index (χ2n) is 3.15. The van der Waals surface area contributed by atoms with Gasteiger partial charge >= 0.3 is 0 Å². The molecule has 0 amide bonds. The fourth-order valence-electron chi connectivity index (χ4n) is 1.39. The summed E-state index contributed by atoms with van der Waals surface area (Å²) in [6.07, 6.45) is 3.79. The Balaban J connectivity index is 2.92. The minimum Gasteiger partial charge on any atom is -0.504 e. The molecule has 0 saturated carbocycles. The van der Waals surface area contributed by atoms with Crippen molar-refractivity contribution in [2.24, 2.45) is 0 Å². The predicted molar refractivity (Wildman–Crippen MR) is 65.2 cm³/mol. The molecule has 15 heavy (non-hydrogen) atoms. The number of fused-ring (bicyclic) bond motifs is 1. The van der Waals surface area contributed by atoms with Crippen LogP contribution < -0.4 is 5.56 Å². The van der Waals surface area contributed by atoms with Crippen molar-refractivity contribution in [3.63, 3.8) is 0 Å². The fourth-order valence-corrected chi connectivity index (χ4v) is 1.79. The van der Waals surface area contributed by atoms with Crippen molar-refractivity contribution in [3.05, 3.63) is 37.9 Å². The fraction of sp³-hybridized carbons (Fsp3) is 0.200. The van der Waals surface area contributed by atoms with Gasteiger partial charge in [0.2, 0.25) is 0 Å². The molecule has 2 aromatic heterocycles. The lowest BCUT2D eigenvalue weighted by atomic mass is 10.2. The highest BCUT2D eigenvalue weighted by Gasteiger charge is 2.08. The number of pyridine rings is 1. The second-order valence-corrected chi connectivity index (χ2v) is 4.31. The van der Waals surface area contributed by atoms with E-state index in [0.717, 1.165) is 0 Å². The number of nitrogens with zero attached hydrogens (tertiary/aromatic N) is 2. The van der Waals surface area contributed by atoms with Crippen molar-refractivity contribution in [2.75, 3.05) is 0 Å². The number of aromatic hydroxyl groups is 1. The van der Waals surface area contributed by atoms with E-state index in [9.17, 15) is 9.90 Å².